The molecule has 0 spiro atoms. The Labute approximate surface area is 101 Å². The van der Waals surface area contributed by atoms with Crippen molar-refractivity contribution in [3.8, 4) is 0 Å². The normalized spacial score (nSPS) is 25.0. The highest BCUT2D eigenvalue weighted by molar-refractivity contribution is 6.62. The maximum absolute atomic E-state index is 7.91. The average molecular weight is 223 g/mol. The van der Waals surface area contributed by atoms with Crippen LogP contribution in [0.1, 0.15) is 31.8 Å². The molecule has 1 saturated heterocycles. The molecule has 1 aliphatic rings. The molecule has 2 rings (SSSR count). The van der Waals surface area contributed by atoms with E-state index >= 15 is 0 Å². The third-order valence-electron chi connectivity index (χ3n) is 3.11. The van der Waals surface area contributed by atoms with Crippen molar-refractivity contribution >= 4 is 18.4 Å². The van der Waals surface area contributed by atoms with Crippen LogP contribution in [0.25, 0.3) is 0 Å². The predicted molar refractivity (Wildman–Crippen MR) is 64.4 cm³/mol. The number of nitrogens with zero attached hydrogens (tertiary/aromatic N) is 1. The van der Waals surface area contributed by atoms with Crippen molar-refractivity contribution < 1.29 is 13.4 Å². The molecule has 1 aromatic rings. The summed E-state index contributed by atoms with van der Waals surface area (Å²) in [6, 6.07) is -0.378. The van der Waals surface area contributed by atoms with Crippen molar-refractivity contribution in [2.45, 2.75) is 38.9 Å². The van der Waals surface area contributed by atoms with Crippen molar-refractivity contribution in [1.82, 2.24) is 4.98 Å². The number of nitrogens with two attached hydrogens (primary N) is 1. The standard InChI is InChI=1S/C11H17BN2O2/c1-10(2)11(3,4)16-12(15-10)8-5-6-9(13)14-7-8/h5-7H,1-4H3,(H2,13,14)/i5D,6D,7D. The molecule has 0 aromatic carbocycles. The van der Waals surface area contributed by atoms with Crippen molar-refractivity contribution in [2.75, 3.05) is 5.73 Å². The molecule has 1 fully saturated rings. The quantitative estimate of drug-likeness (QED) is 0.720. The fourth-order valence-corrected chi connectivity index (χ4v) is 1.38. The van der Waals surface area contributed by atoms with Gasteiger partial charge in [0.05, 0.1) is 15.3 Å². The summed E-state index contributed by atoms with van der Waals surface area (Å²) in [4.78, 5) is 3.75. The van der Waals surface area contributed by atoms with Gasteiger partial charge in [0.1, 0.15) is 5.82 Å². The summed E-state index contributed by atoms with van der Waals surface area (Å²) in [5.74, 6) is -0.129. The lowest BCUT2D eigenvalue weighted by atomic mass is 9.80. The van der Waals surface area contributed by atoms with Crippen LogP contribution in [-0.2, 0) is 9.31 Å². The van der Waals surface area contributed by atoms with E-state index in [2.05, 4.69) is 4.98 Å². The first-order chi connectivity index (χ1) is 8.57. The zero-order valence-electron chi connectivity index (χ0n) is 12.9. The number of hydrogen-bond acceptors (Lipinski definition) is 4. The smallest absolute Gasteiger partial charge is 0.399 e. The molecule has 0 saturated carbocycles. The van der Waals surface area contributed by atoms with E-state index in [1.165, 1.54) is 0 Å². The molecule has 16 heavy (non-hydrogen) atoms. The van der Waals surface area contributed by atoms with Crippen molar-refractivity contribution in [1.29, 1.82) is 0 Å². The minimum Gasteiger partial charge on any atom is -0.399 e. The van der Waals surface area contributed by atoms with Crippen LogP contribution in [0.15, 0.2) is 18.3 Å². The van der Waals surface area contributed by atoms with E-state index < -0.39 is 18.3 Å². The van der Waals surface area contributed by atoms with Crippen molar-refractivity contribution in [2.24, 2.45) is 0 Å². The monoisotopic (exact) mass is 223 g/mol. The van der Waals surface area contributed by atoms with Gasteiger partial charge >= 0.3 is 7.12 Å². The largest absolute Gasteiger partial charge is 0.496 e. The first kappa shape index (κ1) is 8.09. The predicted octanol–water partition coefficient (Wildman–Crippen LogP) is 0.963. The molecule has 1 aliphatic heterocycles. The lowest BCUT2D eigenvalue weighted by molar-refractivity contribution is 0.00578. The second-order valence-corrected chi connectivity index (χ2v) is 4.86. The minimum atomic E-state index is -0.873. The third-order valence-corrected chi connectivity index (χ3v) is 3.11. The van der Waals surface area contributed by atoms with E-state index in [0.717, 1.165) is 0 Å². The van der Waals surface area contributed by atoms with Crippen molar-refractivity contribution in [3.63, 3.8) is 0 Å². The van der Waals surface area contributed by atoms with Gasteiger partial charge in [-0.15, -0.1) is 0 Å². The highest BCUT2D eigenvalue weighted by atomic mass is 16.7. The molecular formula is C11H17BN2O2. The van der Waals surface area contributed by atoms with Gasteiger partial charge in [0.15, 0.2) is 0 Å². The van der Waals surface area contributed by atoms with E-state index in [0.29, 0.717) is 0 Å². The van der Waals surface area contributed by atoms with Gasteiger partial charge in [-0.05, 0) is 33.7 Å². The second-order valence-electron chi connectivity index (χ2n) is 4.86. The molecule has 0 aliphatic carbocycles. The Kier molecular flexibility index (Phi) is 1.75. The lowest BCUT2D eigenvalue weighted by Gasteiger charge is -2.32. The molecule has 0 unspecified atom stereocenters. The Morgan fingerprint density at radius 2 is 1.81 bits per heavy atom. The van der Waals surface area contributed by atoms with Crippen molar-refractivity contribution in [3.05, 3.63) is 18.3 Å². The minimum absolute atomic E-state index is 0.129. The fraction of sp³-hybridized carbons (Fsp3) is 0.545. The lowest BCUT2D eigenvalue weighted by Crippen LogP contribution is -2.41. The summed E-state index contributed by atoms with van der Waals surface area (Å²) in [6.45, 7) is 7.53. The highest BCUT2D eigenvalue weighted by Gasteiger charge is 2.51. The molecule has 0 amide bonds. The zero-order valence-corrected chi connectivity index (χ0v) is 9.92. The highest BCUT2D eigenvalue weighted by Crippen LogP contribution is 2.36. The Bertz CT molecular complexity index is 521. The first-order valence-corrected chi connectivity index (χ1v) is 5.15. The molecule has 5 heteroatoms. The van der Waals surface area contributed by atoms with E-state index in [-0.39, 0.29) is 29.5 Å². The van der Waals surface area contributed by atoms with E-state index in [9.17, 15) is 0 Å². The van der Waals surface area contributed by atoms with Gasteiger partial charge in [-0.25, -0.2) is 4.98 Å². The molecule has 0 radical (unpaired) electrons. The number of aromatic nitrogens is 1. The second kappa shape index (κ2) is 3.47. The van der Waals surface area contributed by atoms with E-state index in [1.807, 2.05) is 27.7 Å². The zero-order chi connectivity index (χ0) is 14.6. The van der Waals surface area contributed by atoms with Crippen LogP contribution < -0.4 is 11.2 Å². The topological polar surface area (TPSA) is 57.4 Å². The first-order valence-electron chi connectivity index (χ1n) is 6.65. The fourth-order valence-electron chi connectivity index (χ4n) is 1.38. The molecule has 0 bridgehead atoms. The maximum Gasteiger partial charge on any atom is 0.496 e. The van der Waals surface area contributed by atoms with Gasteiger partial charge in [0.25, 0.3) is 0 Å². The number of hydrogen-bond donors (Lipinski definition) is 1. The Hall–Kier alpha value is -1.07. The summed E-state index contributed by atoms with van der Waals surface area (Å²) in [5, 5.41) is 0. The summed E-state index contributed by atoms with van der Waals surface area (Å²) in [7, 11) is -0.873. The van der Waals surface area contributed by atoms with Crippen LogP contribution in [0, 0.1) is 0 Å². The van der Waals surface area contributed by atoms with Crippen LogP contribution in [0.3, 0.4) is 0 Å². The van der Waals surface area contributed by atoms with E-state index in [4.69, 9.17) is 19.2 Å². The van der Waals surface area contributed by atoms with Gasteiger partial charge in [0, 0.05) is 11.6 Å². The number of anilines is 1. The molecule has 4 nitrogen and oxygen atoms in total. The van der Waals surface area contributed by atoms with Crippen LogP contribution in [0.4, 0.5) is 5.82 Å². The number of rotatable bonds is 1. The van der Waals surface area contributed by atoms with Crippen LogP contribution in [0.2, 0.25) is 0 Å². The number of pyridine rings is 1. The Morgan fingerprint density at radius 3 is 2.38 bits per heavy atom. The maximum atomic E-state index is 7.91. The average Bonchev–Trinajstić information content (AvgIpc) is 2.44. The van der Waals surface area contributed by atoms with E-state index in [1.54, 1.807) is 0 Å². The molecular weight excluding hydrogens is 203 g/mol. The molecule has 2 heterocycles. The summed E-state index contributed by atoms with van der Waals surface area (Å²) < 4.78 is 35.0. The third kappa shape index (κ3) is 1.81. The molecule has 1 aromatic heterocycles. The van der Waals surface area contributed by atoms with Crippen LogP contribution >= 0.6 is 0 Å². The summed E-state index contributed by atoms with van der Waals surface area (Å²) in [6.07, 6.45) is -0.183. The SMILES string of the molecule is [2H]c1nc(N)c([2H])c([2H])c1B1OC(C)(C)C(C)(C)O1. The van der Waals surface area contributed by atoms with Gasteiger partial charge in [-0.2, -0.15) is 0 Å². The Balaban J connectivity index is 2.49. The molecule has 0 atom stereocenters. The van der Waals surface area contributed by atoms with Crippen LogP contribution in [0.5, 0.6) is 0 Å². The molecule has 2 N–H and O–H groups in total. The molecule has 86 valence electrons. The number of nitrogen functional groups attached to an aromatic ring is 1. The summed E-state index contributed by atoms with van der Waals surface area (Å²) >= 11 is 0. The van der Waals surface area contributed by atoms with Gasteiger partial charge in [-0.1, -0.05) is 6.04 Å². The van der Waals surface area contributed by atoms with Gasteiger partial charge in [0.2, 0.25) is 0 Å². The summed E-state index contributed by atoms with van der Waals surface area (Å²) in [5.41, 5.74) is 4.49. The van der Waals surface area contributed by atoms with Gasteiger partial charge in [-0.3, -0.25) is 0 Å². The van der Waals surface area contributed by atoms with Crippen LogP contribution in [-0.4, -0.2) is 23.3 Å². The Morgan fingerprint density at radius 1 is 1.25 bits per heavy atom. The van der Waals surface area contributed by atoms with Gasteiger partial charge < -0.3 is 15.0 Å².